The molecule has 0 unspecified atom stereocenters. The van der Waals surface area contributed by atoms with Crippen molar-refractivity contribution in [1.29, 1.82) is 0 Å². The highest BCUT2D eigenvalue weighted by Crippen LogP contribution is 2.34. The van der Waals surface area contributed by atoms with Gasteiger partial charge < -0.3 is 0 Å². The predicted molar refractivity (Wildman–Crippen MR) is 66.0 cm³/mol. The van der Waals surface area contributed by atoms with Gasteiger partial charge >= 0.3 is 0 Å². The molecule has 2 atom stereocenters. The van der Waals surface area contributed by atoms with Gasteiger partial charge in [0.15, 0.2) is 0 Å². The monoisotopic (exact) mass is 216 g/mol. The zero-order chi connectivity index (χ0) is 11.2. The van der Waals surface area contributed by atoms with E-state index in [0.717, 1.165) is 30.5 Å². The average Bonchev–Trinajstić information content (AvgIpc) is 2.33. The molecular weight excluding hydrogens is 196 g/mol. The Morgan fingerprint density at radius 2 is 1.88 bits per heavy atom. The molecule has 1 aliphatic carbocycles. The molecule has 0 amide bonds. The fourth-order valence-corrected chi connectivity index (χ4v) is 2.75. The minimum atomic E-state index is 0.758. The van der Waals surface area contributed by atoms with Crippen LogP contribution in [-0.2, 0) is 6.42 Å². The molecular formula is C14H20N2. The van der Waals surface area contributed by atoms with E-state index < -0.39 is 0 Å². The molecule has 86 valence electrons. The maximum atomic E-state index is 4.33. The highest BCUT2D eigenvalue weighted by Gasteiger charge is 2.24. The second kappa shape index (κ2) is 5.78. The molecule has 0 spiro atoms. The predicted octanol–water partition coefficient (Wildman–Crippen LogP) is 3.40. The van der Waals surface area contributed by atoms with Gasteiger partial charge in [0.1, 0.15) is 5.82 Å². The highest BCUT2D eigenvalue weighted by molar-refractivity contribution is 4.93. The first kappa shape index (κ1) is 11.3. The maximum absolute atomic E-state index is 4.33. The lowest BCUT2D eigenvalue weighted by Crippen LogP contribution is -2.22. The fourth-order valence-electron chi connectivity index (χ4n) is 2.75. The summed E-state index contributed by atoms with van der Waals surface area (Å²) in [5.41, 5.74) is 0. The van der Waals surface area contributed by atoms with Gasteiger partial charge in [-0.15, -0.1) is 6.58 Å². The van der Waals surface area contributed by atoms with Crippen LogP contribution in [0, 0.1) is 11.8 Å². The van der Waals surface area contributed by atoms with Gasteiger partial charge in [-0.25, -0.2) is 9.97 Å². The minimum absolute atomic E-state index is 0.758. The van der Waals surface area contributed by atoms with Crippen molar-refractivity contribution in [3.8, 4) is 0 Å². The summed E-state index contributed by atoms with van der Waals surface area (Å²) in [6.07, 6.45) is 13.4. The van der Waals surface area contributed by atoms with Gasteiger partial charge in [-0.05, 0) is 37.2 Å². The van der Waals surface area contributed by atoms with Gasteiger partial charge in [-0.3, -0.25) is 0 Å². The van der Waals surface area contributed by atoms with Crippen molar-refractivity contribution in [2.75, 3.05) is 0 Å². The van der Waals surface area contributed by atoms with Crippen LogP contribution in [0.1, 0.15) is 37.9 Å². The summed E-state index contributed by atoms with van der Waals surface area (Å²) < 4.78 is 0. The number of hydrogen-bond donors (Lipinski definition) is 0. The summed E-state index contributed by atoms with van der Waals surface area (Å²) in [5, 5.41) is 0. The second-order valence-corrected chi connectivity index (χ2v) is 4.70. The Balaban J connectivity index is 1.98. The molecule has 16 heavy (non-hydrogen) atoms. The first-order chi connectivity index (χ1) is 7.90. The van der Waals surface area contributed by atoms with Crippen molar-refractivity contribution in [2.45, 2.75) is 38.5 Å². The van der Waals surface area contributed by atoms with Gasteiger partial charge in [-0.2, -0.15) is 0 Å². The molecule has 0 bridgehead atoms. The highest BCUT2D eigenvalue weighted by atomic mass is 14.8. The molecule has 0 radical (unpaired) electrons. The quantitative estimate of drug-likeness (QED) is 0.721. The summed E-state index contributed by atoms with van der Waals surface area (Å²) in [6, 6.07) is 1.88. The van der Waals surface area contributed by atoms with Crippen LogP contribution in [0.5, 0.6) is 0 Å². The molecule has 1 aliphatic rings. The lowest BCUT2D eigenvalue weighted by molar-refractivity contribution is 0.234. The topological polar surface area (TPSA) is 25.8 Å². The first-order valence-electron chi connectivity index (χ1n) is 6.27. The van der Waals surface area contributed by atoms with Gasteiger partial charge in [0.05, 0.1) is 0 Å². The lowest BCUT2D eigenvalue weighted by atomic mass is 9.76. The number of aromatic nitrogens is 2. The Morgan fingerprint density at radius 1 is 1.19 bits per heavy atom. The van der Waals surface area contributed by atoms with Gasteiger partial charge in [0, 0.05) is 18.8 Å². The molecule has 0 aliphatic heterocycles. The van der Waals surface area contributed by atoms with E-state index in [1.54, 1.807) is 0 Å². The molecule has 0 N–H and O–H groups in total. The van der Waals surface area contributed by atoms with Crippen molar-refractivity contribution < 1.29 is 0 Å². The van der Waals surface area contributed by atoms with Crippen molar-refractivity contribution in [3.63, 3.8) is 0 Å². The molecule has 1 saturated carbocycles. The summed E-state index contributed by atoms with van der Waals surface area (Å²) in [5.74, 6) is 2.56. The molecule has 2 heteroatoms. The largest absolute Gasteiger partial charge is 0.241 e. The Hall–Kier alpha value is -1.18. The van der Waals surface area contributed by atoms with Gasteiger partial charge in [0.2, 0.25) is 0 Å². The molecule has 1 aromatic heterocycles. The third-order valence-electron chi connectivity index (χ3n) is 3.60. The third kappa shape index (κ3) is 2.91. The maximum Gasteiger partial charge on any atom is 0.128 e. The van der Waals surface area contributed by atoms with Crippen molar-refractivity contribution in [3.05, 3.63) is 36.9 Å². The Bertz CT molecular complexity index is 321. The summed E-state index contributed by atoms with van der Waals surface area (Å²) in [7, 11) is 0. The zero-order valence-electron chi connectivity index (χ0n) is 9.81. The number of allylic oxidation sites excluding steroid dienone is 1. The van der Waals surface area contributed by atoms with Crippen LogP contribution in [0.2, 0.25) is 0 Å². The van der Waals surface area contributed by atoms with Crippen LogP contribution in [0.3, 0.4) is 0 Å². The van der Waals surface area contributed by atoms with E-state index in [2.05, 4.69) is 22.6 Å². The first-order valence-corrected chi connectivity index (χ1v) is 6.27. The summed E-state index contributed by atoms with van der Waals surface area (Å²) >= 11 is 0. The Labute approximate surface area is 97.8 Å². The standard InChI is InChI=1S/C14H20N2/c1-2-6-12-7-3-4-8-13(12)11-14-15-9-5-10-16-14/h2,5,9-10,12-13H,1,3-4,6-8,11H2/t12-,13+/m0/s1. The van der Waals surface area contributed by atoms with E-state index in [1.807, 2.05) is 18.5 Å². The zero-order valence-corrected chi connectivity index (χ0v) is 9.81. The van der Waals surface area contributed by atoms with Crippen LogP contribution in [0.25, 0.3) is 0 Å². The SMILES string of the molecule is C=CC[C@H]1CCCC[C@@H]1Cc1ncccn1. The van der Waals surface area contributed by atoms with Crippen LogP contribution in [-0.4, -0.2) is 9.97 Å². The number of rotatable bonds is 4. The normalized spacial score (nSPS) is 25.2. The minimum Gasteiger partial charge on any atom is -0.241 e. The van der Waals surface area contributed by atoms with E-state index in [-0.39, 0.29) is 0 Å². The van der Waals surface area contributed by atoms with Crippen LogP contribution < -0.4 is 0 Å². The summed E-state index contributed by atoms with van der Waals surface area (Å²) in [4.78, 5) is 8.66. The van der Waals surface area contributed by atoms with Crippen LogP contribution >= 0.6 is 0 Å². The molecule has 1 heterocycles. The van der Waals surface area contributed by atoms with Crippen molar-refractivity contribution >= 4 is 0 Å². The van der Waals surface area contributed by atoms with Crippen LogP contribution in [0.15, 0.2) is 31.1 Å². The van der Waals surface area contributed by atoms with E-state index >= 15 is 0 Å². The van der Waals surface area contributed by atoms with E-state index in [9.17, 15) is 0 Å². The van der Waals surface area contributed by atoms with Gasteiger partial charge in [-0.1, -0.05) is 18.9 Å². The van der Waals surface area contributed by atoms with E-state index in [4.69, 9.17) is 0 Å². The Morgan fingerprint density at radius 3 is 2.56 bits per heavy atom. The molecule has 0 aromatic carbocycles. The van der Waals surface area contributed by atoms with E-state index in [1.165, 1.54) is 25.7 Å². The number of hydrogen-bond acceptors (Lipinski definition) is 2. The lowest BCUT2D eigenvalue weighted by Gasteiger charge is -2.30. The summed E-state index contributed by atoms with van der Waals surface area (Å²) in [6.45, 7) is 3.87. The van der Waals surface area contributed by atoms with E-state index in [0.29, 0.717) is 0 Å². The molecule has 1 fully saturated rings. The second-order valence-electron chi connectivity index (χ2n) is 4.70. The fraction of sp³-hybridized carbons (Fsp3) is 0.571. The van der Waals surface area contributed by atoms with Gasteiger partial charge in [0.25, 0.3) is 0 Å². The Kier molecular flexibility index (Phi) is 4.09. The molecule has 2 nitrogen and oxygen atoms in total. The average molecular weight is 216 g/mol. The molecule has 2 rings (SSSR count). The molecule has 1 aromatic rings. The smallest absolute Gasteiger partial charge is 0.128 e. The van der Waals surface area contributed by atoms with Crippen LogP contribution in [0.4, 0.5) is 0 Å². The van der Waals surface area contributed by atoms with Crippen molar-refractivity contribution in [2.24, 2.45) is 11.8 Å². The third-order valence-corrected chi connectivity index (χ3v) is 3.60. The number of nitrogens with zero attached hydrogens (tertiary/aromatic N) is 2. The van der Waals surface area contributed by atoms with Crippen molar-refractivity contribution in [1.82, 2.24) is 9.97 Å². The molecule has 0 saturated heterocycles.